The molecule has 5 N–H and O–H groups in total. The van der Waals surface area contributed by atoms with Crippen molar-refractivity contribution in [3.63, 3.8) is 0 Å². The van der Waals surface area contributed by atoms with Gasteiger partial charge in [-0.15, -0.1) is 0 Å². The van der Waals surface area contributed by atoms with Gasteiger partial charge in [0.1, 0.15) is 0 Å². The summed E-state index contributed by atoms with van der Waals surface area (Å²) in [5.74, 6) is 8.66. The number of hydrogen-bond acceptors (Lipinski definition) is 4. The van der Waals surface area contributed by atoms with Gasteiger partial charge < -0.3 is 10.2 Å². The number of aliphatic hydroxyl groups excluding tert-OH is 2. The predicted octanol–water partition coefficient (Wildman–Crippen LogP) is 4.02. The second kappa shape index (κ2) is 8.61. The molecule has 0 aliphatic heterocycles. The third-order valence-electron chi connectivity index (χ3n) is 11.1. The van der Waals surface area contributed by atoms with Crippen molar-refractivity contribution < 1.29 is 15.0 Å². The highest BCUT2D eigenvalue weighted by Gasteiger charge is 2.64. The van der Waals surface area contributed by atoms with Crippen molar-refractivity contribution in [1.82, 2.24) is 5.43 Å². The molecule has 0 aromatic rings. The van der Waals surface area contributed by atoms with Crippen molar-refractivity contribution in [3.8, 4) is 0 Å². The van der Waals surface area contributed by atoms with E-state index in [2.05, 4.69) is 33.1 Å². The SMILES string of the molecule is CC[C@H]1[C@@H](O)[C@H]2[C@@H]3CCC([C@H](C)CCC(=O)NN)C3(C)CC[C@@H]2[C@@]2(C)CC[C@@H](O)C[C@@H]12. The Bertz CT molecular complexity index is 671. The van der Waals surface area contributed by atoms with Gasteiger partial charge in [-0.05, 0) is 104 Å². The van der Waals surface area contributed by atoms with Gasteiger partial charge in [-0.2, -0.15) is 0 Å². The Hall–Kier alpha value is -0.650. The van der Waals surface area contributed by atoms with E-state index in [4.69, 9.17) is 5.84 Å². The smallest absolute Gasteiger partial charge is 0.233 e. The quantitative estimate of drug-likeness (QED) is 0.299. The first kappa shape index (κ1) is 23.5. The molecule has 0 aromatic carbocycles. The topological polar surface area (TPSA) is 95.6 Å². The maximum atomic E-state index is 11.7. The van der Waals surface area contributed by atoms with E-state index >= 15 is 0 Å². The molecule has 0 bridgehead atoms. The standard InChI is InChI=1S/C26H46N2O3/c1-5-17-21-14-16(29)10-12-26(21,4)20-11-13-25(3)18(15(2)6-9-22(30)28-27)7-8-19(25)23(20)24(17)31/h15-21,23-24,29,31H,5-14,27H2,1-4H3,(H,28,30)/t15-,16-,17-,18?,19+,20+,21+,23+,24-,25?,26-/m1/s1. The molecule has 2 unspecified atom stereocenters. The van der Waals surface area contributed by atoms with Gasteiger partial charge in [0, 0.05) is 6.42 Å². The number of amides is 1. The molecule has 4 fully saturated rings. The minimum Gasteiger partial charge on any atom is -0.393 e. The molecule has 5 nitrogen and oxygen atoms in total. The van der Waals surface area contributed by atoms with Gasteiger partial charge in [0.2, 0.25) is 5.91 Å². The number of carbonyl (C=O) groups is 1. The summed E-state index contributed by atoms with van der Waals surface area (Å²) in [5, 5.41) is 22.2. The average molecular weight is 435 g/mol. The van der Waals surface area contributed by atoms with Crippen LogP contribution < -0.4 is 11.3 Å². The number of aliphatic hydroxyl groups is 2. The molecule has 1 amide bonds. The molecule has 4 rings (SSSR count). The molecule has 0 saturated heterocycles. The molecule has 31 heavy (non-hydrogen) atoms. The minimum absolute atomic E-state index is 0.0674. The lowest BCUT2D eigenvalue weighted by atomic mass is 9.41. The molecule has 0 heterocycles. The molecule has 0 radical (unpaired) electrons. The van der Waals surface area contributed by atoms with Gasteiger partial charge >= 0.3 is 0 Å². The Morgan fingerprint density at radius 3 is 2.42 bits per heavy atom. The molecule has 178 valence electrons. The molecule has 4 aliphatic carbocycles. The van der Waals surface area contributed by atoms with Crippen LogP contribution in [0.15, 0.2) is 0 Å². The van der Waals surface area contributed by atoms with Crippen LogP contribution in [0.4, 0.5) is 0 Å². The Morgan fingerprint density at radius 1 is 1.06 bits per heavy atom. The maximum Gasteiger partial charge on any atom is 0.233 e. The predicted molar refractivity (Wildman–Crippen MR) is 123 cm³/mol. The largest absolute Gasteiger partial charge is 0.393 e. The van der Waals surface area contributed by atoms with Crippen LogP contribution in [-0.2, 0) is 4.79 Å². The zero-order chi connectivity index (χ0) is 22.6. The third-order valence-corrected chi connectivity index (χ3v) is 11.1. The van der Waals surface area contributed by atoms with E-state index in [0.29, 0.717) is 47.8 Å². The van der Waals surface area contributed by atoms with Crippen molar-refractivity contribution in [3.05, 3.63) is 0 Å². The number of hydrogen-bond donors (Lipinski definition) is 4. The molecule has 4 saturated carbocycles. The Morgan fingerprint density at radius 2 is 1.74 bits per heavy atom. The summed E-state index contributed by atoms with van der Waals surface area (Å²) in [6, 6.07) is 0. The summed E-state index contributed by atoms with van der Waals surface area (Å²) in [6.07, 6.45) is 9.78. The molecule has 5 heteroatoms. The van der Waals surface area contributed by atoms with Crippen molar-refractivity contribution >= 4 is 5.91 Å². The second-order valence-electron chi connectivity index (χ2n) is 12.2. The Labute approximate surface area is 188 Å². The summed E-state index contributed by atoms with van der Waals surface area (Å²) in [5.41, 5.74) is 2.79. The molecule has 4 aliphatic rings. The van der Waals surface area contributed by atoms with Gasteiger partial charge in [0.05, 0.1) is 12.2 Å². The average Bonchev–Trinajstić information content (AvgIpc) is 3.10. The zero-order valence-corrected chi connectivity index (χ0v) is 20.1. The highest BCUT2D eigenvalue weighted by Crippen LogP contribution is 2.69. The lowest BCUT2D eigenvalue weighted by molar-refractivity contribution is -0.203. The van der Waals surface area contributed by atoms with Crippen molar-refractivity contribution in [2.24, 2.45) is 58.1 Å². The molecule has 0 spiro atoms. The third kappa shape index (κ3) is 3.67. The lowest BCUT2D eigenvalue weighted by Gasteiger charge is -2.64. The van der Waals surface area contributed by atoms with Gasteiger partial charge in [-0.3, -0.25) is 10.2 Å². The fourth-order valence-electron chi connectivity index (χ4n) is 9.56. The number of hydrazine groups is 1. The summed E-state index contributed by atoms with van der Waals surface area (Å²) >= 11 is 0. The Balaban J connectivity index is 1.58. The van der Waals surface area contributed by atoms with Gasteiger partial charge in [0.25, 0.3) is 0 Å². The van der Waals surface area contributed by atoms with E-state index in [9.17, 15) is 15.0 Å². The first-order valence-electron chi connectivity index (χ1n) is 13.0. The van der Waals surface area contributed by atoms with Crippen molar-refractivity contribution in [2.75, 3.05) is 0 Å². The number of nitrogens with one attached hydrogen (secondary N) is 1. The van der Waals surface area contributed by atoms with Crippen LogP contribution in [0.5, 0.6) is 0 Å². The fraction of sp³-hybridized carbons (Fsp3) is 0.962. The lowest BCUT2D eigenvalue weighted by Crippen LogP contribution is -2.62. The molecule has 11 atom stereocenters. The van der Waals surface area contributed by atoms with Crippen LogP contribution in [0.25, 0.3) is 0 Å². The van der Waals surface area contributed by atoms with Crippen LogP contribution in [0, 0.1) is 52.3 Å². The van der Waals surface area contributed by atoms with Crippen LogP contribution >= 0.6 is 0 Å². The van der Waals surface area contributed by atoms with Crippen molar-refractivity contribution in [2.45, 2.75) is 104 Å². The fourth-order valence-corrected chi connectivity index (χ4v) is 9.56. The maximum absolute atomic E-state index is 11.7. The van der Waals surface area contributed by atoms with E-state index in [1.807, 2.05) is 0 Å². The van der Waals surface area contributed by atoms with Crippen LogP contribution in [0.3, 0.4) is 0 Å². The number of carbonyl (C=O) groups excluding carboxylic acids is 1. The van der Waals surface area contributed by atoms with Gasteiger partial charge in [0.15, 0.2) is 0 Å². The van der Waals surface area contributed by atoms with E-state index in [1.165, 1.54) is 25.7 Å². The van der Waals surface area contributed by atoms with E-state index in [-0.39, 0.29) is 28.9 Å². The first-order chi connectivity index (χ1) is 14.7. The zero-order valence-electron chi connectivity index (χ0n) is 20.1. The van der Waals surface area contributed by atoms with E-state index in [0.717, 1.165) is 32.1 Å². The monoisotopic (exact) mass is 434 g/mol. The summed E-state index contributed by atoms with van der Waals surface area (Å²) in [6.45, 7) is 9.55. The number of nitrogens with two attached hydrogens (primary N) is 1. The van der Waals surface area contributed by atoms with Gasteiger partial charge in [-0.25, -0.2) is 5.84 Å². The molecular formula is C26H46N2O3. The normalized spacial score (nSPS) is 50.2. The molecular weight excluding hydrogens is 388 g/mol. The van der Waals surface area contributed by atoms with E-state index in [1.54, 1.807) is 0 Å². The van der Waals surface area contributed by atoms with Crippen molar-refractivity contribution in [1.29, 1.82) is 0 Å². The first-order valence-corrected chi connectivity index (χ1v) is 13.0. The number of fused-ring (bicyclic) bond motifs is 5. The summed E-state index contributed by atoms with van der Waals surface area (Å²) in [4.78, 5) is 11.7. The highest BCUT2D eigenvalue weighted by molar-refractivity contribution is 5.75. The van der Waals surface area contributed by atoms with E-state index < -0.39 is 0 Å². The molecule has 0 aromatic heterocycles. The van der Waals surface area contributed by atoms with Crippen LogP contribution in [0.2, 0.25) is 0 Å². The number of rotatable bonds is 5. The second-order valence-corrected chi connectivity index (χ2v) is 12.2. The minimum atomic E-state index is -0.236. The summed E-state index contributed by atoms with van der Waals surface area (Å²) in [7, 11) is 0. The highest BCUT2D eigenvalue weighted by atomic mass is 16.3. The Kier molecular flexibility index (Phi) is 6.53. The van der Waals surface area contributed by atoms with Gasteiger partial charge in [-0.1, -0.05) is 34.1 Å². The summed E-state index contributed by atoms with van der Waals surface area (Å²) < 4.78 is 0. The van der Waals surface area contributed by atoms with Crippen LogP contribution in [-0.4, -0.2) is 28.3 Å². The van der Waals surface area contributed by atoms with Crippen LogP contribution in [0.1, 0.15) is 91.9 Å².